The number of aliphatic hydroxyl groups excluding tert-OH is 1. The van der Waals surface area contributed by atoms with Gasteiger partial charge in [-0.1, -0.05) is 18.2 Å². The predicted octanol–water partition coefficient (Wildman–Crippen LogP) is 1.74. The first kappa shape index (κ1) is 13.1. The Labute approximate surface area is 111 Å². The number of nitrogens with zero attached hydrogens (tertiary/aromatic N) is 1. The van der Waals surface area contributed by atoms with Crippen molar-refractivity contribution in [2.75, 3.05) is 7.11 Å². The highest BCUT2D eigenvalue weighted by atomic mass is 16.5. The van der Waals surface area contributed by atoms with E-state index in [1.165, 1.54) is 7.11 Å². The highest BCUT2D eigenvalue weighted by Gasteiger charge is 2.41. The van der Waals surface area contributed by atoms with E-state index in [2.05, 4.69) is 0 Å². The van der Waals surface area contributed by atoms with Crippen molar-refractivity contribution < 1.29 is 19.4 Å². The number of amides is 2. The number of methoxy groups -OCH3 is 1. The maximum Gasteiger partial charge on any atom is 0.296 e. The fourth-order valence-corrected chi connectivity index (χ4v) is 2.10. The fraction of sp³-hybridized carbons (Fsp3) is 0.286. The lowest BCUT2D eigenvalue weighted by Crippen LogP contribution is -2.37. The second-order valence-electron chi connectivity index (χ2n) is 4.50. The fourth-order valence-electron chi connectivity index (χ4n) is 2.10. The topological polar surface area (TPSA) is 66.8 Å². The Bertz CT molecular complexity index is 575. The van der Waals surface area contributed by atoms with E-state index in [1.54, 1.807) is 38.1 Å². The van der Waals surface area contributed by atoms with E-state index < -0.39 is 17.6 Å². The van der Waals surface area contributed by atoms with Crippen LogP contribution in [0.1, 0.15) is 19.4 Å². The van der Waals surface area contributed by atoms with E-state index in [4.69, 9.17) is 4.74 Å². The summed E-state index contributed by atoms with van der Waals surface area (Å²) in [5, 5.41) is 9.93. The van der Waals surface area contributed by atoms with Gasteiger partial charge in [0.25, 0.3) is 11.8 Å². The van der Waals surface area contributed by atoms with Crippen molar-refractivity contribution >= 4 is 17.4 Å². The molecule has 1 aliphatic rings. The Morgan fingerprint density at radius 1 is 1.16 bits per heavy atom. The second-order valence-corrected chi connectivity index (χ2v) is 4.50. The highest BCUT2D eigenvalue weighted by Crippen LogP contribution is 2.34. The molecule has 0 radical (unpaired) electrons. The van der Waals surface area contributed by atoms with E-state index in [0.29, 0.717) is 11.3 Å². The van der Waals surface area contributed by atoms with Gasteiger partial charge in [-0.2, -0.15) is 0 Å². The standard InChI is InChI=1S/C14H15NO4/c1-8(2)15-13(17)11(12(16)14(15)18)9-6-4-5-7-10(9)19-3/h4-8,16H,1-3H3. The zero-order valence-corrected chi connectivity index (χ0v) is 11.0. The summed E-state index contributed by atoms with van der Waals surface area (Å²) in [5.74, 6) is -1.25. The average Bonchev–Trinajstić information content (AvgIpc) is 2.60. The van der Waals surface area contributed by atoms with Crippen molar-refractivity contribution in [1.82, 2.24) is 4.90 Å². The highest BCUT2D eigenvalue weighted by molar-refractivity contribution is 6.35. The van der Waals surface area contributed by atoms with Gasteiger partial charge in [0.15, 0.2) is 5.76 Å². The van der Waals surface area contributed by atoms with E-state index in [0.717, 1.165) is 4.90 Å². The van der Waals surface area contributed by atoms with E-state index in [1.807, 2.05) is 0 Å². The number of carbonyl (C=O) groups is 2. The van der Waals surface area contributed by atoms with Crippen LogP contribution in [-0.4, -0.2) is 35.0 Å². The zero-order valence-electron chi connectivity index (χ0n) is 11.0. The Balaban J connectivity index is 2.56. The van der Waals surface area contributed by atoms with Crippen molar-refractivity contribution in [2.24, 2.45) is 0 Å². The molecular weight excluding hydrogens is 246 g/mol. The van der Waals surface area contributed by atoms with Crippen LogP contribution in [0.25, 0.3) is 5.57 Å². The molecule has 5 heteroatoms. The van der Waals surface area contributed by atoms with Crippen molar-refractivity contribution in [3.8, 4) is 5.75 Å². The van der Waals surface area contributed by atoms with Gasteiger partial charge in [0.2, 0.25) is 0 Å². The number of imide groups is 1. The molecule has 0 spiro atoms. The Kier molecular flexibility index (Phi) is 3.29. The van der Waals surface area contributed by atoms with E-state index in [-0.39, 0.29) is 11.6 Å². The first-order valence-electron chi connectivity index (χ1n) is 5.93. The minimum atomic E-state index is -0.666. The summed E-state index contributed by atoms with van der Waals surface area (Å²) in [6.45, 7) is 3.43. The largest absolute Gasteiger partial charge is 0.502 e. The van der Waals surface area contributed by atoms with Gasteiger partial charge in [-0.3, -0.25) is 14.5 Å². The number of para-hydroxylation sites is 1. The lowest BCUT2D eigenvalue weighted by atomic mass is 10.0. The normalized spacial score (nSPS) is 15.7. The molecule has 2 amide bonds. The lowest BCUT2D eigenvalue weighted by Gasteiger charge is -2.18. The summed E-state index contributed by atoms with van der Waals surface area (Å²) in [6.07, 6.45) is 0. The van der Waals surface area contributed by atoms with Crippen molar-refractivity contribution in [3.05, 3.63) is 35.6 Å². The van der Waals surface area contributed by atoms with Crippen molar-refractivity contribution in [1.29, 1.82) is 0 Å². The minimum absolute atomic E-state index is 0.00356. The SMILES string of the molecule is COc1ccccc1C1=C(O)C(=O)N(C(C)C)C1=O. The van der Waals surface area contributed by atoms with Gasteiger partial charge in [0.1, 0.15) is 5.75 Å². The summed E-state index contributed by atoms with van der Waals surface area (Å²) in [5.41, 5.74) is 0.417. The molecule has 0 aliphatic carbocycles. The van der Waals surface area contributed by atoms with Gasteiger partial charge in [-0.05, 0) is 19.9 Å². The molecule has 1 aromatic rings. The molecule has 0 fully saturated rings. The molecule has 0 unspecified atom stereocenters. The molecule has 0 saturated carbocycles. The molecular formula is C14H15NO4. The number of hydrogen-bond acceptors (Lipinski definition) is 4. The smallest absolute Gasteiger partial charge is 0.296 e. The quantitative estimate of drug-likeness (QED) is 0.842. The van der Waals surface area contributed by atoms with Crippen LogP contribution in [0.4, 0.5) is 0 Å². The van der Waals surface area contributed by atoms with E-state index >= 15 is 0 Å². The van der Waals surface area contributed by atoms with Gasteiger partial charge < -0.3 is 9.84 Å². The summed E-state index contributed by atoms with van der Waals surface area (Å²) in [7, 11) is 1.47. The molecule has 0 bridgehead atoms. The summed E-state index contributed by atoms with van der Waals surface area (Å²) in [6, 6.07) is 6.47. The first-order chi connectivity index (χ1) is 8.99. The molecule has 1 aromatic carbocycles. The number of ether oxygens (including phenoxy) is 1. The van der Waals surface area contributed by atoms with Gasteiger partial charge >= 0.3 is 0 Å². The Morgan fingerprint density at radius 3 is 2.32 bits per heavy atom. The number of benzene rings is 1. The molecule has 0 atom stereocenters. The Hall–Kier alpha value is -2.30. The van der Waals surface area contributed by atoms with E-state index in [9.17, 15) is 14.7 Å². The van der Waals surface area contributed by atoms with Crippen LogP contribution in [0.2, 0.25) is 0 Å². The first-order valence-corrected chi connectivity index (χ1v) is 5.93. The zero-order chi connectivity index (χ0) is 14.2. The number of carbonyl (C=O) groups excluding carboxylic acids is 2. The van der Waals surface area contributed by atoms with Crippen LogP contribution in [0.3, 0.4) is 0 Å². The molecule has 1 aliphatic heterocycles. The van der Waals surface area contributed by atoms with Crippen LogP contribution in [-0.2, 0) is 9.59 Å². The minimum Gasteiger partial charge on any atom is -0.502 e. The third kappa shape index (κ3) is 1.97. The monoisotopic (exact) mass is 261 g/mol. The van der Waals surface area contributed by atoms with Gasteiger partial charge in [-0.15, -0.1) is 0 Å². The van der Waals surface area contributed by atoms with Crippen LogP contribution in [0.15, 0.2) is 30.0 Å². The molecule has 0 saturated heterocycles. The molecule has 19 heavy (non-hydrogen) atoms. The van der Waals surface area contributed by atoms with Crippen LogP contribution < -0.4 is 4.74 Å². The Morgan fingerprint density at radius 2 is 1.79 bits per heavy atom. The molecule has 1 heterocycles. The van der Waals surface area contributed by atoms with Crippen molar-refractivity contribution in [3.63, 3.8) is 0 Å². The third-order valence-corrected chi connectivity index (χ3v) is 2.98. The second kappa shape index (κ2) is 4.76. The molecule has 5 nitrogen and oxygen atoms in total. The third-order valence-electron chi connectivity index (χ3n) is 2.98. The summed E-state index contributed by atoms with van der Waals surface area (Å²) >= 11 is 0. The summed E-state index contributed by atoms with van der Waals surface area (Å²) < 4.78 is 5.16. The average molecular weight is 261 g/mol. The van der Waals surface area contributed by atoms with Gasteiger partial charge in [0.05, 0.1) is 12.7 Å². The van der Waals surface area contributed by atoms with Crippen molar-refractivity contribution in [2.45, 2.75) is 19.9 Å². The van der Waals surface area contributed by atoms with Crippen LogP contribution in [0, 0.1) is 0 Å². The maximum atomic E-state index is 12.3. The lowest BCUT2D eigenvalue weighted by molar-refractivity contribution is -0.139. The van der Waals surface area contributed by atoms with Gasteiger partial charge in [0, 0.05) is 11.6 Å². The van der Waals surface area contributed by atoms with Crippen LogP contribution >= 0.6 is 0 Å². The number of hydrogen-bond donors (Lipinski definition) is 1. The maximum absolute atomic E-state index is 12.3. The molecule has 2 rings (SSSR count). The predicted molar refractivity (Wildman–Crippen MR) is 69.5 cm³/mol. The molecule has 100 valence electrons. The number of rotatable bonds is 3. The number of aliphatic hydroxyl groups is 1. The van der Waals surface area contributed by atoms with Gasteiger partial charge in [-0.25, -0.2) is 0 Å². The molecule has 1 N–H and O–H groups in total. The van der Waals surface area contributed by atoms with Crippen LogP contribution in [0.5, 0.6) is 5.75 Å². The summed E-state index contributed by atoms with van der Waals surface area (Å²) in [4.78, 5) is 25.2. The molecule has 0 aromatic heterocycles.